The average Bonchev–Trinajstić information content (AvgIpc) is 3.00. The van der Waals surface area contributed by atoms with Crippen LogP contribution >= 0.6 is 0 Å². The second-order valence-electron chi connectivity index (χ2n) is 4.91. The van der Waals surface area contributed by atoms with Gasteiger partial charge in [0.2, 0.25) is 0 Å². The predicted octanol–water partition coefficient (Wildman–Crippen LogP) is 3.58. The van der Waals surface area contributed by atoms with Crippen molar-refractivity contribution in [2.24, 2.45) is 5.92 Å². The van der Waals surface area contributed by atoms with Crippen LogP contribution in [0.1, 0.15) is 43.9 Å². The molecule has 2 rings (SSSR count). The minimum atomic E-state index is -0.103. The van der Waals surface area contributed by atoms with Crippen LogP contribution in [0.25, 0.3) is 0 Å². The van der Waals surface area contributed by atoms with E-state index in [9.17, 15) is 4.39 Å². The van der Waals surface area contributed by atoms with E-state index in [1.807, 2.05) is 12.1 Å². The van der Waals surface area contributed by atoms with E-state index >= 15 is 0 Å². The van der Waals surface area contributed by atoms with Crippen molar-refractivity contribution in [1.29, 1.82) is 0 Å². The number of halogens is 1. The molecule has 0 aliphatic heterocycles. The van der Waals surface area contributed by atoms with Gasteiger partial charge in [-0.1, -0.05) is 25.5 Å². The van der Waals surface area contributed by atoms with Crippen LogP contribution in [0, 0.1) is 18.7 Å². The zero-order valence-corrected chi connectivity index (χ0v) is 10.3. The lowest BCUT2D eigenvalue weighted by Gasteiger charge is -2.14. The molecule has 1 aliphatic carbocycles. The van der Waals surface area contributed by atoms with Gasteiger partial charge in [-0.3, -0.25) is 0 Å². The number of aryl methyl sites for hydroxylation is 1. The van der Waals surface area contributed by atoms with E-state index in [0.717, 1.165) is 11.5 Å². The van der Waals surface area contributed by atoms with Crippen LogP contribution in [-0.2, 0) is 0 Å². The Hall–Kier alpha value is -0.890. The van der Waals surface area contributed by atoms with Crippen molar-refractivity contribution in [3.63, 3.8) is 0 Å². The van der Waals surface area contributed by atoms with Crippen LogP contribution in [0.15, 0.2) is 18.2 Å². The van der Waals surface area contributed by atoms with Gasteiger partial charge in [-0.2, -0.15) is 0 Å². The molecule has 1 aromatic rings. The number of benzene rings is 1. The van der Waals surface area contributed by atoms with Crippen molar-refractivity contribution in [2.75, 3.05) is 0 Å². The highest BCUT2D eigenvalue weighted by molar-refractivity contribution is 5.25. The first-order valence-corrected chi connectivity index (χ1v) is 6.14. The molecule has 88 valence electrons. The van der Waals surface area contributed by atoms with E-state index < -0.39 is 0 Å². The van der Waals surface area contributed by atoms with E-state index in [2.05, 4.69) is 19.2 Å². The molecule has 0 amide bonds. The number of rotatable bonds is 4. The molecule has 16 heavy (non-hydrogen) atoms. The zero-order chi connectivity index (χ0) is 11.7. The molecule has 0 saturated heterocycles. The first-order valence-electron chi connectivity index (χ1n) is 6.14. The molecular weight excluding hydrogens is 201 g/mol. The molecular formula is C14H20FN. The van der Waals surface area contributed by atoms with E-state index in [-0.39, 0.29) is 11.9 Å². The van der Waals surface area contributed by atoms with Crippen LogP contribution in [0.5, 0.6) is 0 Å². The maximum atomic E-state index is 13.4. The Morgan fingerprint density at radius 2 is 2.25 bits per heavy atom. The Kier molecular flexibility index (Phi) is 3.29. The molecule has 3 atom stereocenters. The van der Waals surface area contributed by atoms with E-state index in [1.165, 1.54) is 12.8 Å². The van der Waals surface area contributed by atoms with Gasteiger partial charge in [-0.15, -0.1) is 0 Å². The second-order valence-corrected chi connectivity index (χ2v) is 4.91. The Labute approximate surface area is 97.1 Å². The summed E-state index contributed by atoms with van der Waals surface area (Å²) in [5, 5.41) is 3.55. The van der Waals surface area contributed by atoms with Crippen molar-refractivity contribution in [3.8, 4) is 0 Å². The van der Waals surface area contributed by atoms with E-state index in [4.69, 9.17) is 0 Å². The van der Waals surface area contributed by atoms with Crippen LogP contribution in [0.4, 0.5) is 4.39 Å². The number of hydrogen-bond donors (Lipinski definition) is 1. The normalized spacial score (nSPS) is 25.5. The smallest absolute Gasteiger partial charge is 0.126 e. The Morgan fingerprint density at radius 1 is 1.50 bits per heavy atom. The number of hydrogen-bond acceptors (Lipinski definition) is 1. The SMILES string of the molecule is CCC1CC1NC(C)c1ccc(C)c(F)c1. The summed E-state index contributed by atoms with van der Waals surface area (Å²) in [4.78, 5) is 0. The highest BCUT2D eigenvalue weighted by Crippen LogP contribution is 2.35. The van der Waals surface area contributed by atoms with Crippen LogP contribution in [-0.4, -0.2) is 6.04 Å². The summed E-state index contributed by atoms with van der Waals surface area (Å²) in [6.07, 6.45) is 2.52. The molecule has 1 saturated carbocycles. The molecule has 1 N–H and O–H groups in total. The van der Waals surface area contributed by atoms with Gasteiger partial charge in [0.25, 0.3) is 0 Å². The molecule has 3 unspecified atom stereocenters. The molecule has 0 aromatic heterocycles. The van der Waals surface area contributed by atoms with Crippen LogP contribution in [0.3, 0.4) is 0 Å². The van der Waals surface area contributed by atoms with Gasteiger partial charge in [0.05, 0.1) is 0 Å². The Morgan fingerprint density at radius 3 is 2.81 bits per heavy atom. The minimum absolute atomic E-state index is 0.103. The molecule has 1 aromatic carbocycles. The molecule has 2 heteroatoms. The summed E-state index contributed by atoms with van der Waals surface area (Å²) in [7, 11) is 0. The number of nitrogens with one attached hydrogen (secondary N) is 1. The van der Waals surface area contributed by atoms with Gasteiger partial charge in [-0.25, -0.2) is 4.39 Å². The first kappa shape index (κ1) is 11.6. The van der Waals surface area contributed by atoms with Gasteiger partial charge in [0.15, 0.2) is 0 Å². The van der Waals surface area contributed by atoms with E-state index in [1.54, 1.807) is 13.0 Å². The summed E-state index contributed by atoms with van der Waals surface area (Å²) in [5.41, 5.74) is 1.76. The van der Waals surface area contributed by atoms with Gasteiger partial charge >= 0.3 is 0 Å². The minimum Gasteiger partial charge on any atom is -0.307 e. The summed E-state index contributed by atoms with van der Waals surface area (Å²) < 4.78 is 13.4. The maximum absolute atomic E-state index is 13.4. The fraction of sp³-hybridized carbons (Fsp3) is 0.571. The first-order chi connectivity index (χ1) is 7.61. The lowest BCUT2D eigenvalue weighted by molar-refractivity contribution is 0.533. The standard InChI is InChI=1S/C14H20FN/c1-4-11-8-14(11)16-10(3)12-6-5-9(2)13(15)7-12/h5-7,10-11,14,16H,4,8H2,1-3H3. The van der Waals surface area contributed by atoms with Gasteiger partial charge in [-0.05, 0) is 43.4 Å². The third-order valence-electron chi connectivity index (χ3n) is 3.61. The summed E-state index contributed by atoms with van der Waals surface area (Å²) >= 11 is 0. The highest BCUT2D eigenvalue weighted by atomic mass is 19.1. The second kappa shape index (κ2) is 4.54. The lowest BCUT2D eigenvalue weighted by atomic mass is 10.1. The molecule has 0 spiro atoms. The van der Waals surface area contributed by atoms with Crippen molar-refractivity contribution in [1.82, 2.24) is 5.32 Å². The van der Waals surface area contributed by atoms with Gasteiger partial charge < -0.3 is 5.32 Å². The Balaban J connectivity index is 1.98. The monoisotopic (exact) mass is 221 g/mol. The highest BCUT2D eigenvalue weighted by Gasteiger charge is 2.35. The van der Waals surface area contributed by atoms with Crippen molar-refractivity contribution in [3.05, 3.63) is 35.1 Å². The molecule has 1 aliphatic rings. The molecule has 0 radical (unpaired) electrons. The average molecular weight is 221 g/mol. The van der Waals surface area contributed by atoms with Crippen LogP contribution < -0.4 is 5.32 Å². The molecule has 1 fully saturated rings. The Bertz CT molecular complexity index is 375. The van der Waals surface area contributed by atoms with Gasteiger partial charge in [0.1, 0.15) is 5.82 Å². The maximum Gasteiger partial charge on any atom is 0.126 e. The van der Waals surface area contributed by atoms with Gasteiger partial charge in [0, 0.05) is 12.1 Å². The third kappa shape index (κ3) is 2.43. The third-order valence-corrected chi connectivity index (χ3v) is 3.61. The van der Waals surface area contributed by atoms with E-state index in [0.29, 0.717) is 11.6 Å². The quantitative estimate of drug-likeness (QED) is 0.819. The van der Waals surface area contributed by atoms with Crippen LogP contribution in [0.2, 0.25) is 0 Å². The van der Waals surface area contributed by atoms with Crippen molar-refractivity contribution >= 4 is 0 Å². The predicted molar refractivity (Wildman–Crippen MR) is 64.9 cm³/mol. The fourth-order valence-electron chi connectivity index (χ4n) is 2.20. The fourth-order valence-corrected chi connectivity index (χ4v) is 2.20. The molecule has 0 bridgehead atoms. The molecule has 0 heterocycles. The largest absolute Gasteiger partial charge is 0.307 e. The summed E-state index contributed by atoms with van der Waals surface area (Å²) in [6.45, 7) is 6.13. The zero-order valence-electron chi connectivity index (χ0n) is 10.3. The summed E-state index contributed by atoms with van der Waals surface area (Å²) in [6, 6.07) is 6.41. The molecule has 1 nitrogen and oxygen atoms in total. The summed E-state index contributed by atoms with van der Waals surface area (Å²) in [5.74, 6) is 0.728. The lowest BCUT2D eigenvalue weighted by Crippen LogP contribution is -2.22. The van der Waals surface area contributed by atoms with Crippen molar-refractivity contribution in [2.45, 2.75) is 45.7 Å². The van der Waals surface area contributed by atoms with Crippen molar-refractivity contribution < 1.29 is 4.39 Å². The topological polar surface area (TPSA) is 12.0 Å².